The van der Waals surface area contributed by atoms with Crippen molar-refractivity contribution < 1.29 is 19.1 Å². The molecule has 1 N–H and O–H groups in total. The van der Waals surface area contributed by atoms with Crippen molar-refractivity contribution in [2.24, 2.45) is 0 Å². The van der Waals surface area contributed by atoms with Crippen molar-refractivity contribution in [2.75, 3.05) is 14.2 Å². The molecule has 0 aromatic carbocycles. The molecule has 1 aliphatic rings. The molecule has 1 aromatic rings. The molecule has 0 saturated carbocycles. The SMILES string of the molecule is CCC1(C)C(=O)NC(=O)N1Cc1nccc(OC)c1OC. The first-order valence-electron chi connectivity index (χ1n) is 6.66. The molecule has 2 rings (SSSR count). The maximum Gasteiger partial charge on any atom is 0.325 e. The molecule has 0 aliphatic carbocycles. The summed E-state index contributed by atoms with van der Waals surface area (Å²) in [5.74, 6) is 0.703. The topological polar surface area (TPSA) is 80.8 Å². The summed E-state index contributed by atoms with van der Waals surface area (Å²) >= 11 is 0. The number of pyridine rings is 1. The van der Waals surface area contributed by atoms with Gasteiger partial charge in [-0.2, -0.15) is 0 Å². The Morgan fingerprint density at radius 1 is 1.33 bits per heavy atom. The number of nitrogens with one attached hydrogen (secondary N) is 1. The summed E-state index contributed by atoms with van der Waals surface area (Å²) in [7, 11) is 3.04. The number of carbonyl (C=O) groups is 2. The standard InChI is InChI=1S/C14H19N3O4/c1-5-14(2)12(18)16-13(19)17(14)8-9-11(21-4)10(20-3)6-7-15-9/h6-7H,5,8H2,1-4H3,(H,16,18,19). The second kappa shape index (κ2) is 5.59. The van der Waals surface area contributed by atoms with Gasteiger partial charge in [0.2, 0.25) is 0 Å². The zero-order valence-electron chi connectivity index (χ0n) is 12.6. The fourth-order valence-electron chi connectivity index (χ4n) is 2.36. The lowest BCUT2D eigenvalue weighted by Crippen LogP contribution is -2.46. The molecule has 3 amide bonds. The molecule has 7 heteroatoms. The third kappa shape index (κ3) is 2.39. The van der Waals surface area contributed by atoms with E-state index >= 15 is 0 Å². The molecule has 1 fully saturated rings. The predicted octanol–water partition coefficient (Wildman–Crippen LogP) is 1.32. The zero-order valence-corrected chi connectivity index (χ0v) is 12.6. The summed E-state index contributed by atoms with van der Waals surface area (Å²) in [5.41, 5.74) is -0.339. The Balaban J connectivity index is 2.37. The number of carbonyl (C=O) groups excluding carboxylic acids is 2. The second-order valence-corrected chi connectivity index (χ2v) is 4.97. The van der Waals surface area contributed by atoms with Crippen molar-refractivity contribution in [3.63, 3.8) is 0 Å². The summed E-state index contributed by atoms with van der Waals surface area (Å²) in [4.78, 5) is 29.7. The Hall–Kier alpha value is -2.31. The van der Waals surface area contributed by atoms with E-state index in [0.717, 1.165) is 0 Å². The van der Waals surface area contributed by atoms with Crippen LogP contribution < -0.4 is 14.8 Å². The number of ether oxygens (including phenoxy) is 2. The average molecular weight is 293 g/mol. The van der Waals surface area contributed by atoms with Gasteiger partial charge in [0.1, 0.15) is 11.2 Å². The number of amides is 3. The first-order valence-corrected chi connectivity index (χ1v) is 6.66. The Kier molecular flexibility index (Phi) is 4.02. The van der Waals surface area contributed by atoms with E-state index in [1.165, 1.54) is 19.1 Å². The highest BCUT2D eigenvalue weighted by Crippen LogP contribution is 2.33. The molecule has 2 heterocycles. The molecule has 114 valence electrons. The number of imide groups is 1. The van der Waals surface area contributed by atoms with Crippen molar-refractivity contribution >= 4 is 11.9 Å². The third-order valence-corrected chi connectivity index (χ3v) is 3.91. The molecule has 1 saturated heterocycles. The Morgan fingerprint density at radius 2 is 2.05 bits per heavy atom. The van der Waals surface area contributed by atoms with Gasteiger partial charge in [-0.1, -0.05) is 6.92 Å². The van der Waals surface area contributed by atoms with Gasteiger partial charge in [-0.3, -0.25) is 15.1 Å². The predicted molar refractivity (Wildman–Crippen MR) is 75.1 cm³/mol. The molecule has 0 radical (unpaired) electrons. The number of aromatic nitrogens is 1. The molecule has 1 aromatic heterocycles. The van der Waals surface area contributed by atoms with Gasteiger partial charge in [0.15, 0.2) is 11.5 Å². The second-order valence-electron chi connectivity index (χ2n) is 4.97. The Bertz CT molecular complexity index is 575. The summed E-state index contributed by atoms with van der Waals surface area (Å²) in [6.07, 6.45) is 2.09. The molecular formula is C14H19N3O4. The Labute approximate surface area is 123 Å². The van der Waals surface area contributed by atoms with E-state index < -0.39 is 11.6 Å². The van der Waals surface area contributed by atoms with Gasteiger partial charge in [0, 0.05) is 12.3 Å². The van der Waals surface area contributed by atoms with E-state index in [0.29, 0.717) is 23.6 Å². The molecule has 1 unspecified atom stereocenters. The normalized spacial score (nSPS) is 21.4. The molecular weight excluding hydrogens is 274 g/mol. The number of rotatable bonds is 5. The fraction of sp³-hybridized carbons (Fsp3) is 0.500. The van der Waals surface area contributed by atoms with Crippen molar-refractivity contribution in [3.05, 3.63) is 18.0 Å². The van der Waals surface area contributed by atoms with Crippen LogP contribution in [0.15, 0.2) is 12.3 Å². The summed E-state index contributed by atoms with van der Waals surface area (Å²) in [5, 5.41) is 2.34. The zero-order chi connectivity index (χ0) is 15.6. The van der Waals surface area contributed by atoms with E-state index in [-0.39, 0.29) is 12.5 Å². The van der Waals surface area contributed by atoms with Crippen LogP contribution in [-0.2, 0) is 11.3 Å². The largest absolute Gasteiger partial charge is 0.493 e. The minimum Gasteiger partial charge on any atom is -0.493 e. The van der Waals surface area contributed by atoms with E-state index in [4.69, 9.17) is 9.47 Å². The van der Waals surface area contributed by atoms with Gasteiger partial charge < -0.3 is 14.4 Å². The van der Waals surface area contributed by atoms with E-state index in [2.05, 4.69) is 10.3 Å². The van der Waals surface area contributed by atoms with Crippen LogP contribution in [0.3, 0.4) is 0 Å². The van der Waals surface area contributed by atoms with E-state index in [1.54, 1.807) is 19.2 Å². The summed E-state index contributed by atoms with van der Waals surface area (Å²) in [6.45, 7) is 3.77. The molecule has 21 heavy (non-hydrogen) atoms. The van der Waals surface area contributed by atoms with Gasteiger partial charge in [0.25, 0.3) is 5.91 Å². The van der Waals surface area contributed by atoms with Crippen LogP contribution in [0.2, 0.25) is 0 Å². The minimum atomic E-state index is -0.882. The van der Waals surface area contributed by atoms with Crippen molar-refractivity contribution in [1.82, 2.24) is 15.2 Å². The lowest BCUT2D eigenvalue weighted by Gasteiger charge is -2.30. The number of hydrogen-bond donors (Lipinski definition) is 1. The van der Waals surface area contributed by atoms with Gasteiger partial charge in [0.05, 0.1) is 20.8 Å². The number of nitrogens with zero attached hydrogens (tertiary/aromatic N) is 2. The number of methoxy groups -OCH3 is 2. The number of hydrogen-bond acceptors (Lipinski definition) is 5. The third-order valence-electron chi connectivity index (χ3n) is 3.91. The minimum absolute atomic E-state index is 0.169. The van der Waals surface area contributed by atoms with Gasteiger partial charge in [-0.05, 0) is 13.3 Å². The van der Waals surface area contributed by atoms with E-state index in [1.807, 2.05) is 6.92 Å². The van der Waals surface area contributed by atoms with E-state index in [9.17, 15) is 9.59 Å². The average Bonchev–Trinajstić information content (AvgIpc) is 2.70. The van der Waals surface area contributed by atoms with Crippen LogP contribution >= 0.6 is 0 Å². The smallest absolute Gasteiger partial charge is 0.325 e. The van der Waals surface area contributed by atoms with Crippen LogP contribution in [-0.4, -0.2) is 41.6 Å². The highest BCUT2D eigenvalue weighted by Gasteiger charge is 2.48. The summed E-state index contributed by atoms with van der Waals surface area (Å²) in [6, 6.07) is 1.26. The van der Waals surface area contributed by atoms with Gasteiger partial charge in [-0.15, -0.1) is 0 Å². The van der Waals surface area contributed by atoms with Crippen LogP contribution in [0, 0.1) is 0 Å². The van der Waals surface area contributed by atoms with Gasteiger partial charge >= 0.3 is 6.03 Å². The molecule has 7 nitrogen and oxygen atoms in total. The quantitative estimate of drug-likeness (QED) is 0.828. The molecule has 1 aliphatic heterocycles. The maximum absolute atomic E-state index is 12.0. The monoisotopic (exact) mass is 293 g/mol. The van der Waals surface area contributed by atoms with Crippen molar-refractivity contribution in [2.45, 2.75) is 32.4 Å². The van der Waals surface area contributed by atoms with Crippen molar-refractivity contribution in [3.8, 4) is 11.5 Å². The van der Waals surface area contributed by atoms with Crippen LogP contribution in [0.4, 0.5) is 4.79 Å². The number of urea groups is 1. The lowest BCUT2D eigenvalue weighted by atomic mass is 9.97. The molecule has 0 bridgehead atoms. The highest BCUT2D eigenvalue weighted by molar-refractivity contribution is 6.06. The Morgan fingerprint density at radius 3 is 2.62 bits per heavy atom. The van der Waals surface area contributed by atoms with Crippen LogP contribution in [0.25, 0.3) is 0 Å². The first-order chi connectivity index (χ1) is 9.97. The van der Waals surface area contributed by atoms with Crippen LogP contribution in [0.5, 0.6) is 11.5 Å². The summed E-state index contributed by atoms with van der Waals surface area (Å²) < 4.78 is 10.5. The van der Waals surface area contributed by atoms with Crippen molar-refractivity contribution in [1.29, 1.82) is 0 Å². The first kappa shape index (κ1) is 15.1. The fourth-order valence-corrected chi connectivity index (χ4v) is 2.36. The highest BCUT2D eigenvalue weighted by atomic mass is 16.5. The van der Waals surface area contributed by atoms with Crippen LogP contribution in [0.1, 0.15) is 26.0 Å². The lowest BCUT2D eigenvalue weighted by molar-refractivity contribution is -0.126. The van der Waals surface area contributed by atoms with Gasteiger partial charge in [-0.25, -0.2) is 4.79 Å². The maximum atomic E-state index is 12.0. The molecule has 1 atom stereocenters. The molecule has 0 spiro atoms.